The number of nitrogens with zero attached hydrogens (tertiary/aromatic N) is 1. The Morgan fingerprint density at radius 3 is 2.51 bits per heavy atom. The number of Topliss-reactive ketones (excluding diaryl/α,β-unsaturated/α-hetero) is 1. The zero-order valence-corrected chi connectivity index (χ0v) is 28.2. The third-order valence-electron chi connectivity index (χ3n) is 9.01. The van der Waals surface area contributed by atoms with E-state index < -0.39 is 70.8 Å². The zero-order chi connectivity index (χ0) is 35.5. The lowest BCUT2D eigenvalue weighted by Gasteiger charge is -2.35. The molecule has 4 amide bonds. The molecule has 3 fully saturated rings. The van der Waals surface area contributed by atoms with Crippen molar-refractivity contribution in [3.63, 3.8) is 0 Å². The fourth-order valence-electron chi connectivity index (χ4n) is 6.18. The molecule has 15 nitrogen and oxygen atoms in total. The van der Waals surface area contributed by atoms with Crippen LogP contribution in [0.3, 0.4) is 0 Å². The molecule has 1 spiro atoms. The number of hydrogen-bond acceptors (Lipinski definition) is 10. The van der Waals surface area contributed by atoms with Gasteiger partial charge in [0.25, 0.3) is 5.91 Å². The Balaban J connectivity index is 1.43. The summed E-state index contributed by atoms with van der Waals surface area (Å²) in [6.45, 7) is 7.73. The second kappa shape index (κ2) is 14.5. The largest absolute Gasteiger partial charge is 0.478 e. The summed E-state index contributed by atoms with van der Waals surface area (Å²) >= 11 is 0. The Hall–Kier alpha value is -4.50. The highest BCUT2D eigenvalue weighted by molar-refractivity contribution is 6.38. The highest BCUT2D eigenvalue weighted by atomic mass is 16.7. The van der Waals surface area contributed by atoms with Gasteiger partial charge in [-0.1, -0.05) is 46.2 Å². The Kier molecular flexibility index (Phi) is 10.6. The minimum Gasteiger partial charge on any atom is -0.478 e. The van der Waals surface area contributed by atoms with Gasteiger partial charge in [-0.15, -0.1) is 0 Å². The van der Waals surface area contributed by atoms with Crippen molar-refractivity contribution in [2.45, 2.75) is 102 Å². The summed E-state index contributed by atoms with van der Waals surface area (Å²) < 4.78 is 10.8. The van der Waals surface area contributed by atoms with Crippen LogP contribution in [0, 0.1) is 5.41 Å². The predicted octanol–water partition coefficient (Wildman–Crippen LogP) is 1.66. The number of ether oxygens (including phenoxy) is 2. The van der Waals surface area contributed by atoms with Crippen molar-refractivity contribution in [3.8, 4) is 0 Å². The SMILES string of the molecule is CCC[C@H](NC(=O)[C@@H]1C[C@]2(C=C(c3cccc(C(=O)O)c3)NO2)CN1C(=O)[C@@H](NC(=O)O[C@H]1CCOC1)C(C)(C)C)C(=O)C(=O)NC1CC1. The molecule has 0 bridgehead atoms. The van der Waals surface area contributed by atoms with E-state index in [1.54, 1.807) is 39.0 Å². The van der Waals surface area contributed by atoms with E-state index in [9.17, 15) is 33.9 Å². The molecule has 49 heavy (non-hydrogen) atoms. The molecule has 15 heteroatoms. The number of carbonyl (C=O) groups is 6. The summed E-state index contributed by atoms with van der Waals surface area (Å²) in [6.07, 6.45) is 3.24. The number of rotatable bonds is 12. The number of carboxylic acid groups (broad SMARTS) is 1. The number of likely N-dealkylation sites (tertiary alicyclic amines) is 1. The van der Waals surface area contributed by atoms with Crippen LogP contribution in [0.1, 0.15) is 82.1 Å². The molecule has 5 rings (SSSR count). The average Bonchev–Trinajstić information content (AvgIpc) is 3.39. The molecule has 4 aliphatic rings. The molecular formula is C34H45N5O10. The molecule has 3 aliphatic heterocycles. The van der Waals surface area contributed by atoms with Gasteiger partial charge in [0.2, 0.25) is 17.6 Å². The van der Waals surface area contributed by atoms with Crippen LogP contribution in [0.5, 0.6) is 0 Å². The molecule has 266 valence electrons. The van der Waals surface area contributed by atoms with Crippen molar-refractivity contribution < 1.29 is 48.2 Å². The molecule has 2 saturated heterocycles. The topological polar surface area (TPSA) is 202 Å². The number of amides is 4. The van der Waals surface area contributed by atoms with Gasteiger partial charge in [0.15, 0.2) is 0 Å². The highest BCUT2D eigenvalue weighted by Crippen LogP contribution is 2.39. The summed E-state index contributed by atoms with van der Waals surface area (Å²) in [5.74, 6) is -3.87. The number of ketones is 1. The van der Waals surface area contributed by atoms with E-state index in [4.69, 9.17) is 14.3 Å². The van der Waals surface area contributed by atoms with Gasteiger partial charge in [-0.05, 0) is 42.9 Å². The van der Waals surface area contributed by atoms with Gasteiger partial charge in [-0.3, -0.25) is 29.5 Å². The van der Waals surface area contributed by atoms with E-state index in [1.165, 1.54) is 17.0 Å². The van der Waals surface area contributed by atoms with Gasteiger partial charge in [-0.25, -0.2) is 9.59 Å². The fraction of sp³-hybridized carbons (Fsp3) is 0.588. The molecule has 0 unspecified atom stereocenters. The van der Waals surface area contributed by atoms with Crippen molar-refractivity contribution in [2.24, 2.45) is 5.41 Å². The number of carbonyl (C=O) groups excluding carboxylic acids is 5. The van der Waals surface area contributed by atoms with Gasteiger partial charge < -0.3 is 35.4 Å². The maximum atomic E-state index is 14.4. The van der Waals surface area contributed by atoms with Crippen molar-refractivity contribution >= 4 is 41.3 Å². The Labute approximate surface area is 284 Å². The van der Waals surface area contributed by atoms with E-state index in [2.05, 4.69) is 21.4 Å². The third kappa shape index (κ3) is 8.57. The van der Waals surface area contributed by atoms with Crippen molar-refractivity contribution in [3.05, 3.63) is 41.5 Å². The summed E-state index contributed by atoms with van der Waals surface area (Å²) in [7, 11) is 0. The lowest BCUT2D eigenvalue weighted by atomic mass is 9.85. The van der Waals surface area contributed by atoms with Crippen LogP contribution in [0.15, 0.2) is 30.3 Å². The zero-order valence-electron chi connectivity index (χ0n) is 28.2. The predicted molar refractivity (Wildman–Crippen MR) is 174 cm³/mol. The van der Waals surface area contributed by atoms with Gasteiger partial charge in [0.05, 0.1) is 37.1 Å². The molecule has 0 aromatic heterocycles. The minimum absolute atomic E-state index is 0.0400. The molecule has 0 radical (unpaired) electrons. The Morgan fingerprint density at radius 1 is 1.12 bits per heavy atom. The first-order chi connectivity index (χ1) is 23.2. The van der Waals surface area contributed by atoms with Crippen LogP contribution >= 0.6 is 0 Å². The number of aromatic carboxylic acids is 1. The smallest absolute Gasteiger partial charge is 0.408 e. The molecule has 1 saturated carbocycles. The van der Waals surface area contributed by atoms with Crippen LogP contribution in [0.2, 0.25) is 0 Å². The fourth-order valence-corrected chi connectivity index (χ4v) is 6.18. The standard InChI is InChI=1S/C34H45N5O10/c1-5-7-23(26(40)29(42)35-21-10-11-21)36-28(41)25-16-34(15-24(38-49-34)19-8-6-9-20(14-19)31(44)45)18-39(25)30(43)27(33(2,3)4)37-32(46)48-22-12-13-47-17-22/h6,8-9,14-15,21-23,25,27,38H,5,7,10-13,16-18H2,1-4H3,(H,35,42)(H,36,41)(H,37,46)(H,44,45)/t22-,23-,25-,27+,34+/m0/s1. The van der Waals surface area contributed by atoms with E-state index in [0.717, 1.165) is 12.8 Å². The van der Waals surface area contributed by atoms with E-state index in [-0.39, 0.29) is 37.6 Å². The van der Waals surface area contributed by atoms with Crippen LogP contribution in [-0.4, -0.2) is 101 Å². The number of nitrogens with one attached hydrogen (secondary N) is 4. The number of hydrogen-bond donors (Lipinski definition) is 5. The van der Waals surface area contributed by atoms with Gasteiger partial charge >= 0.3 is 12.1 Å². The second-order valence-electron chi connectivity index (χ2n) is 14.2. The van der Waals surface area contributed by atoms with Crippen LogP contribution in [-0.2, 0) is 33.5 Å². The molecule has 1 aliphatic carbocycles. The summed E-state index contributed by atoms with van der Waals surface area (Å²) in [4.78, 5) is 86.2. The Morgan fingerprint density at radius 2 is 1.88 bits per heavy atom. The first-order valence-corrected chi connectivity index (χ1v) is 16.7. The molecule has 1 aromatic carbocycles. The normalized spacial score (nSPS) is 24.4. The molecule has 5 atom stereocenters. The van der Waals surface area contributed by atoms with Gasteiger partial charge in [-0.2, -0.15) is 0 Å². The lowest BCUT2D eigenvalue weighted by Crippen LogP contribution is -2.59. The lowest BCUT2D eigenvalue weighted by molar-refractivity contribution is -0.144. The average molecular weight is 684 g/mol. The maximum absolute atomic E-state index is 14.4. The van der Waals surface area contributed by atoms with Crippen molar-refractivity contribution in [1.29, 1.82) is 0 Å². The van der Waals surface area contributed by atoms with E-state index in [0.29, 0.717) is 30.7 Å². The molecule has 5 N–H and O–H groups in total. The quantitative estimate of drug-likeness (QED) is 0.201. The van der Waals surface area contributed by atoms with Crippen LogP contribution in [0.4, 0.5) is 4.79 Å². The third-order valence-corrected chi connectivity index (χ3v) is 9.01. The first-order valence-electron chi connectivity index (χ1n) is 16.7. The number of carboxylic acids is 1. The van der Waals surface area contributed by atoms with Crippen molar-refractivity contribution in [2.75, 3.05) is 19.8 Å². The Bertz CT molecular complexity index is 1510. The summed E-state index contributed by atoms with van der Waals surface area (Å²) in [6, 6.07) is 2.76. The first kappa shape index (κ1) is 35.8. The maximum Gasteiger partial charge on any atom is 0.408 e. The summed E-state index contributed by atoms with van der Waals surface area (Å²) in [5.41, 5.74) is 1.80. The highest BCUT2D eigenvalue weighted by Gasteiger charge is 2.54. The molecular weight excluding hydrogens is 638 g/mol. The molecule has 3 heterocycles. The summed E-state index contributed by atoms with van der Waals surface area (Å²) in [5, 5.41) is 17.6. The monoisotopic (exact) mass is 683 g/mol. The van der Waals surface area contributed by atoms with Crippen molar-refractivity contribution in [1.82, 2.24) is 26.3 Å². The van der Waals surface area contributed by atoms with E-state index in [1.807, 2.05) is 6.92 Å². The van der Waals surface area contributed by atoms with Crippen LogP contribution in [0.25, 0.3) is 5.70 Å². The van der Waals surface area contributed by atoms with Gasteiger partial charge in [0.1, 0.15) is 23.8 Å². The molecule has 1 aromatic rings. The number of alkyl carbamates (subject to hydrolysis) is 1. The number of hydroxylamine groups is 1. The van der Waals surface area contributed by atoms with Crippen LogP contribution < -0.4 is 21.4 Å². The van der Waals surface area contributed by atoms with E-state index >= 15 is 0 Å². The minimum atomic E-state index is -1.23. The number of benzene rings is 1. The second-order valence-corrected chi connectivity index (χ2v) is 14.2. The van der Waals surface area contributed by atoms with Gasteiger partial charge in [0, 0.05) is 24.4 Å².